The van der Waals surface area contributed by atoms with Crippen LogP contribution in [0.15, 0.2) is 24.4 Å². The number of alkyl halides is 3. The predicted molar refractivity (Wildman–Crippen MR) is 87.2 cm³/mol. The number of aryl methyl sites for hydroxylation is 1. The molecule has 21 heavy (non-hydrogen) atoms. The van der Waals surface area contributed by atoms with Crippen LogP contribution in [0.2, 0.25) is 0 Å². The SMILES string of the molecule is Cc1ccc2c(C[C@H](C)C(=O)OCC(Cl)(Cl)Cl)c[nH]c2c1. The molecule has 0 radical (unpaired) electrons. The quantitative estimate of drug-likeness (QED) is 0.649. The minimum Gasteiger partial charge on any atom is -0.461 e. The van der Waals surface area contributed by atoms with Gasteiger partial charge >= 0.3 is 5.97 Å². The molecule has 2 aromatic rings. The molecule has 0 aliphatic carbocycles. The first-order chi connectivity index (χ1) is 9.76. The van der Waals surface area contributed by atoms with Crippen molar-refractivity contribution in [2.75, 3.05) is 6.61 Å². The second-order valence-electron chi connectivity index (χ2n) is 5.19. The Kier molecular flexibility index (Phi) is 5.07. The highest BCUT2D eigenvalue weighted by Crippen LogP contribution is 2.27. The smallest absolute Gasteiger partial charge is 0.309 e. The lowest BCUT2D eigenvalue weighted by atomic mass is 10.0. The fourth-order valence-electron chi connectivity index (χ4n) is 2.18. The van der Waals surface area contributed by atoms with Crippen molar-refractivity contribution in [2.45, 2.75) is 24.1 Å². The van der Waals surface area contributed by atoms with Crippen molar-refractivity contribution < 1.29 is 9.53 Å². The van der Waals surface area contributed by atoms with Crippen LogP contribution in [0.5, 0.6) is 0 Å². The van der Waals surface area contributed by atoms with Gasteiger partial charge in [0.25, 0.3) is 0 Å². The summed E-state index contributed by atoms with van der Waals surface area (Å²) >= 11 is 16.7. The second-order valence-corrected chi connectivity index (χ2v) is 7.71. The molecule has 0 spiro atoms. The van der Waals surface area contributed by atoms with Gasteiger partial charge in [-0.15, -0.1) is 0 Å². The highest BCUT2D eigenvalue weighted by Gasteiger charge is 2.24. The maximum atomic E-state index is 11.9. The number of hydrogen-bond donors (Lipinski definition) is 1. The minimum atomic E-state index is -1.58. The second kappa shape index (κ2) is 6.47. The Balaban J connectivity index is 2.04. The molecule has 0 aliphatic rings. The molecule has 0 aliphatic heterocycles. The molecule has 0 saturated heterocycles. The molecular weight excluding hydrogens is 333 g/mol. The average Bonchev–Trinajstić information content (AvgIpc) is 2.77. The standard InChI is InChI=1S/C15H16Cl3NO2/c1-9-3-4-12-11(7-19-13(12)5-9)6-10(2)14(20)21-8-15(16,17)18/h3-5,7,10,19H,6,8H2,1-2H3/t10-/m0/s1. The number of ether oxygens (including phenoxy) is 1. The van der Waals surface area contributed by atoms with Crippen molar-refractivity contribution in [3.8, 4) is 0 Å². The van der Waals surface area contributed by atoms with Crippen LogP contribution < -0.4 is 0 Å². The zero-order chi connectivity index (χ0) is 15.6. The van der Waals surface area contributed by atoms with E-state index in [1.165, 1.54) is 5.56 Å². The van der Waals surface area contributed by atoms with Gasteiger partial charge in [0, 0.05) is 17.1 Å². The van der Waals surface area contributed by atoms with Crippen LogP contribution in [-0.2, 0) is 16.0 Å². The number of esters is 1. The summed E-state index contributed by atoms with van der Waals surface area (Å²) in [5.41, 5.74) is 3.32. The van der Waals surface area contributed by atoms with Crippen molar-refractivity contribution in [1.29, 1.82) is 0 Å². The number of aromatic amines is 1. The molecule has 1 aromatic heterocycles. The van der Waals surface area contributed by atoms with Crippen LogP contribution in [0, 0.1) is 12.8 Å². The van der Waals surface area contributed by atoms with Gasteiger partial charge < -0.3 is 9.72 Å². The van der Waals surface area contributed by atoms with Gasteiger partial charge in [-0.2, -0.15) is 0 Å². The van der Waals surface area contributed by atoms with Crippen molar-refractivity contribution in [3.63, 3.8) is 0 Å². The summed E-state index contributed by atoms with van der Waals surface area (Å²) in [6.45, 7) is 3.60. The molecule has 0 amide bonds. The number of rotatable bonds is 4. The van der Waals surface area contributed by atoms with Gasteiger partial charge in [0.2, 0.25) is 3.79 Å². The van der Waals surface area contributed by atoms with Crippen LogP contribution >= 0.6 is 34.8 Å². The van der Waals surface area contributed by atoms with Gasteiger partial charge in [-0.25, -0.2) is 0 Å². The van der Waals surface area contributed by atoms with Gasteiger partial charge in [0.05, 0.1) is 5.92 Å². The lowest BCUT2D eigenvalue weighted by molar-refractivity contribution is -0.147. The van der Waals surface area contributed by atoms with E-state index in [2.05, 4.69) is 17.1 Å². The Morgan fingerprint density at radius 3 is 2.76 bits per heavy atom. The van der Waals surface area contributed by atoms with E-state index < -0.39 is 3.79 Å². The molecule has 0 fully saturated rings. The summed E-state index contributed by atoms with van der Waals surface area (Å²) in [7, 11) is 0. The van der Waals surface area contributed by atoms with Crippen LogP contribution in [0.4, 0.5) is 0 Å². The van der Waals surface area contributed by atoms with Crippen molar-refractivity contribution in [3.05, 3.63) is 35.5 Å². The topological polar surface area (TPSA) is 42.1 Å². The van der Waals surface area contributed by atoms with Crippen LogP contribution in [0.1, 0.15) is 18.1 Å². The third-order valence-electron chi connectivity index (χ3n) is 3.23. The van der Waals surface area contributed by atoms with E-state index in [4.69, 9.17) is 39.5 Å². The number of halogens is 3. The molecule has 6 heteroatoms. The Hall–Kier alpha value is -0.900. The van der Waals surface area contributed by atoms with Gasteiger partial charge in [-0.05, 0) is 30.5 Å². The number of fused-ring (bicyclic) bond motifs is 1. The largest absolute Gasteiger partial charge is 0.461 e. The van der Waals surface area contributed by atoms with Gasteiger partial charge in [0.15, 0.2) is 0 Å². The van der Waals surface area contributed by atoms with E-state index in [1.54, 1.807) is 6.92 Å². The van der Waals surface area contributed by atoms with E-state index in [0.717, 1.165) is 16.5 Å². The first-order valence-corrected chi connectivity index (χ1v) is 7.69. The summed E-state index contributed by atoms with van der Waals surface area (Å²) in [4.78, 5) is 15.1. The molecule has 1 N–H and O–H groups in total. The molecule has 0 unspecified atom stereocenters. The normalized spacial score (nSPS) is 13.4. The van der Waals surface area contributed by atoms with Gasteiger partial charge in [-0.1, -0.05) is 53.9 Å². The van der Waals surface area contributed by atoms with Gasteiger partial charge in [0.1, 0.15) is 6.61 Å². The fraction of sp³-hybridized carbons (Fsp3) is 0.400. The average molecular weight is 349 g/mol. The summed E-state index contributed by atoms with van der Waals surface area (Å²) < 4.78 is 3.43. The maximum absolute atomic E-state index is 11.9. The van der Waals surface area contributed by atoms with Crippen molar-refractivity contribution in [2.24, 2.45) is 5.92 Å². The van der Waals surface area contributed by atoms with E-state index in [1.807, 2.05) is 19.2 Å². The predicted octanol–water partition coefficient (Wildman–Crippen LogP) is 4.57. The molecular formula is C15H16Cl3NO2. The van der Waals surface area contributed by atoms with E-state index in [0.29, 0.717) is 6.42 Å². The number of carbonyl (C=O) groups excluding carboxylic acids is 1. The number of aromatic nitrogens is 1. The van der Waals surface area contributed by atoms with E-state index >= 15 is 0 Å². The van der Waals surface area contributed by atoms with Crippen LogP contribution in [0.25, 0.3) is 10.9 Å². The van der Waals surface area contributed by atoms with E-state index in [9.17, 15) is 4.79 Å². The summed E-state index contributed by atoms with van der Waals surface area (Å²) in [6.07, 6.45) is 2.49. The number of benzene rings is 1. The number of carbonyl (C=O) groups is 1. The Labute approximate surface area is 138 Å². The molecule has 2 rings (SSSR count). The summed E-state index contributed by atoms with van der Waals surface area (Å²) in [5.74, 6) is -0.680. The molecule has 3 nitrogen and oxygen atoms in total. The number of hydrogen-bond acceptors (Lipinski definition) is 2. The van der Waals surface area contributed by atoms with Crippen LogP contribution in [-0.4, -0.2) is 21.4 Å². The lowest BCUT2D eigenvalue weighted by Gasteiger charge is -2.14. The van der Waals surface area contributed by atoms with E-state index in [-0.39, 0.29) is 18.5 Å². The monoisotopic (exact) mass is 347 g/mol. The number of H-pyrrole nitrogens is 1. The molecule has 0 bridgehead atoms. The molecule has 114 valence electrons. The summed E-state index contributed by atoms with van der Waals surface area (Å²) in [6, 6.07) is 6.17. The third-order valence-corrected chi connectivity index (χ3v) is 3.56. The number of nitrogens with one attached hydrogen (secondary N) is 1. The molecule has 0 saturated carbocycles. The Bertz CT molecular complexity index is 646. The first-order valence-electron chi connectivity index (χ1n) is 6.56. The third kappa shape index (κ3) is 4.53. The lowest BCUT2D eigenvalue weighted by Crippen LogP contribution is -2.22. The highest BCUT2D eigenvalue weighted by atomic mass is 35.6. The zero-order valence-electron chi connectivity index (χ0n) is 11.8. The maximum Gasteiger partial charge on any atom is 0.309 e. The van der Waals surface area contributed by atoms with Gasteiger partial charge in [-0.3, -0.25) is 4.79 Å². The minimum absolute atomic E-state index is 0.242. The Morgan fingerprint density at radius 1 is 1.38 bits per heavy atom. The van der Waals surface area contributed by atoms with Crippen LogP contribution in [0.3, 0.4) is 0 Å². The molecule has 1 aromatic carbocycles. The highest BCUT2D eigenvalue weighted by molar-refractivity contribution is 6.67. The summed E-state index contributed by atoms with van der Waals surface area (Å²) in [5, 5.41) is 1.11. The molecule has 1 heterocycles. The fourth-order valence-corrected chi connectivity index (χ4v) is 2.34. The Morgan fingerprint density at radius 2 is 2.10 bits per heavy atom. The van der Waals surface area contributed by atoms with Crippen molar-refractivity contribution in [1.82, 2.24) is 4.98 Å². The van der Waals surface area contributed by atoms with Crippen molar-refractivity contribution >= 4 is 51.7 Å². The molecule has 1 atom stereocenters. The zero-order valence-corrected chi connectivity index (χ0v) is 14.0. The first kappa shape index (κ1) is 16.5.